The van der Waals surface area contributed by atoms with Crippen LogP contribution in [0, 0.1) is 11.2 Å². The van der Waals surface area contributed by atoms with Gasteiger partial charge in [0.05, 0.1) is 31.2 Å². The Bertz CT molecular complexity index is 1900. The van der Waals surface area contributed by atoms with Crippen molar-refractivity contribution < 1.29 is 13.9 Å². The molecule has 0 fully saturated rings. The highest BCUT2D eigenvalue weighted by Gasteiger charge is 2.24. The highest BCUT2D eigenvalue weighted by Crippen LogP contribution is 2.22. The van der Waals surface area contributed by atoms with Crippen molar-refractivity contribution in [2.75, 3.05) is 24.3 Å². The van der Waals surface area contributed by atoms with Crippen LogP contribution in [0.2, 0.25) is 0 Å². The predicted molar refractivity (Wildman–Crippen MR) is 167 cm³/mol. The van der Waals surface area contributed by atoms with Crippen molar-refractivity contribution >= 4 is 28.8 Å². The number of carbonyl (C=O) groups excluding carboxylic acids is 1. The summed E-state index contributed by atoms with van der Waals surface area (Å²) >= 11 is 0. The topological polar surface area (TPSA) is 125 Å². The zero-order valence-corrected chi connectivity index (χ0v) is 25.0. The van der Waals surface area contributed by atoms with Crippen molar-refractivity contribution in [2.24, 2.45) is 5.41 Å². The molecule has 0 aliphatic carbocycles. The first-order valence-electron chi connectivity index (χ1n) is 14.1. The van der Waals surface area contributed by atoms with Crippen LogP contribution < -0.4 is 26.7 Å². The van der Waals surface area contributed by atoms with E-state index in [1.54, 1.807) is 19.2 Å². The number of halogens is 1. The number of benzene rings is 3. The van der Waals surface area contributed by atoms with E-state index in [-0.39, 0.29) is 31.5 Å². The zero-order valence-electron chi connectivity index (χ0n) is 25.0. The lowest BCUT2D eigenvalue weighted by Crippen LogP contribution is -2.43. The Labute approximate surface area is 253 Å². The minimum Gasteiger partial charge on any atom is -0.497 e. The van der Waals surface area contributed by atoms with Crippen molar-refractivity contribution in [2.45, 2.75) is 40.4 Å². The molecule has 0 saturated heterocycles. The molecule has 2 aromatic heterocycles. The van der Waals surface area contributed by atoms with Gasteiger partial charge in [-0.15, -0.1) is 0 Å². The number of aromatic nitrogens is 5. The third-order valence-corrected chi connectivity index (χ3v) is 7.08. The van der Waals surface area contributed by atoms with E-state index in [2.05, 4.69) is 20.6 Å². The molecule has 0 unspecified atom stereocenters. The molecule has 12 heteroatoms. The average molecular weight is 600 g/mol. The van der Waals surface area contributed by atoms with Gasteiger partial charge in [0.25, 0.3) is 0 Å². The highest BCUT2D eigenvalue weighted by molar-refractivity contribution is 5.94. The summed E-state index contributed by atoms with van der Waals surface area (Å²) in [6, 6.07) is 20.3. The lowest BCUT2D eigenvalue weighted by molar-refractivity contribution is -0.123. The quantitative estimate of drug-likeness (QED) is 0.248. The summed E-state index contributed by atoms with van der Waals surface area (Å²) < 4.78 is 23.0. The van der Waals surface area contributed by atoms with E-state index < -0.39 is 22.6 Å². The number of imidazole rings is 1. The van der Waals surface area contributed by atoms with Gasteiger partial charge in [0.15, 0.2) is 0 Å². The molecule has 0 saturated carbocycles. The van der Waals surface area contributed by atoms with Crippen molar-refractivity contribution in [3.63, 3.8) is 0 Å². The smallest absolute Gasteiger partial charge is 0.355 e. The van der Waals surface area contributed by atoms with Crippen LogP contribution in [0.15, 0.2) is 82.4 Å². The fraction of sp³-hybridized carbons (Fsp3) is 0.281. The van der Waals surface area contributed by atoms with Crippen molar-refractivity contribution in [3.05, 3.63) is 111 Å². The lowest BCUT2D eigenvalue weighted by Gasteiger charge is -2.19. The second kappa shape index (κ2) is 12.5. The van der Waals surface area contributed by atoms with Crippen LogP contribution >= 0.6 is 0 Å². The monoisotopic (exact) mass is 599 g/mol. The van der Waals surface area contributed by atoms with Gasteiger partial charge in [-0.2, -0.15) is 4.98 Å². The number of methoxy groups -OCH3 is 1. The molecular weight excluding hydrogens is 565 g/mol. The molecule has 2 N–H and O–H groups in total. The molecular formula is C32H34FN7O4. The fourth-order valence-corrected chi connectivity index (χ4v) is 4.59. The summed E-state index contributed by atoms with van der Waals surface area (Å²) in [6.07, 6.45) is 0. The van der Waals surface area contributed by atoms with Crippen molar-refractivity contribution in [1.29, 1.82) is 0 Å². The Morgan fingerprint density at radius 2 is 1.48 bits per heavy atom. The minimum absolute atomic E-state index is 0.0638. The number of rotatable bonds is 10. The Balaban J connectivity index is 1.46. The van der Waals surface area contributed by atoms with Crippen molar-refractivity contribution in [3.8, 4) is 5.75 Å². The first-order chi connectivity index (χ1) is 21.0. The Kier molecular flexibility index (Phi) is 8.61. The summed E-state index contributed by atoms with van der Waals surface area (Å²) in [5.41, 5.74) is 0.975. The van der Waals surface area contributed by atoms with E-state index >= 15 is 0 Å². The summed E-state index contributed by atoms with van der Waals surface area (Å²) in [4.78, 5) is 48.4. The SMILES string of the molecule is COc1ccc(Cn2c(NCCn3c(NC(=O)C(C)(C)C)nc4ccccc43)nc(=O)n(Cc3ccc(F)cc3)c2=O)cc1. The second-order valence-corrected chi connectivity index (χ2v) is 11.4. The first kappa shape index (κ1) is 30.2. The van der Waals surface area contributed by atoms with Gasteiger partial charge in [0.1, 0.15) is 11.6 Å². The molecule has 0 spiro atoms. The Hall–Kier alpha value is -5.26. The normalized spacial score (nSPS) is 11.5. The summed E-state index contributed by atoms with van der Waals surface area (Å²) in [7, 11) is 1.57. The number of amides is 1. The van der Waals surface area contributed by atoms with Crippen LogP contribution in [0.3, 0.4) is 0 Å². The maximum atomic E-state index is 13.7. The number of nitrogens with one attached hydrogen (secondary N) is 2. The molecule has 0 radical (unpaired) electrons. The molecule has 0 bridgehead atoms. The van der Waals surface area contributed by atoms with Crippen LogP contribution in [0.1, 0.15) is 31.9 Å². The maximum Gasteiger partial charge on any atom is 0.355 e. The molecule has 2 heterocycles. The number of hydrogen-bond acceptors (Lipinski definition) is 7. The molecule has 1 amide bonds. The number of para-hydroxylation sites is 2. The highest BCUT2D eigenvalue weighted by atomic mass is 19.1. The molecule has 3 aromatic carbocycles. The van der Waals surface area contributed by atoms with E-state index in [4.69, 9.17) is 4.74 Å². The van der Waals surface area contributed by atoms with Gasteiger partial charge in [0.2, 0.25) is 17.8 Å². The summed E-state index contributed by atoms with van der Waals surface area (Å²) in [5, 5.41) is 6.07. The number of fused-ring (bicyclic) bond motifs is 1. The third kappa shape index (κ3) is 6.69. The third-order valence-electron chi connectivity index (χ3n) is 7.08. The first-order valence-corrected chi connectivity index (χ1v) is 14.1. The number of nitrogens with zero attached hydrogens (tertiary/aromatic N) is 5. The maximum absolute atomic E-state index is 13.7. The van der Waals surface area contributed by atoms with Crippen molar-refractivity contribution in [1.82, 2.24) is 23.7 Å². The second-order valence-electron chi connectivity index (χ2n) is 11.4. The molecule has 228 valence electrons. The predicted octanol–water partition coefficient (Wildman–Crippen LogP) is 4.10. The van der Waals surface area contributed by atoms with E-state index in [1.807, 2.05) is 61.7 Å². The summed E-state index contributed by atoms with van der Waals surface area (Å²) in [6.45, 7) is 6.13. The number of carbonyl (C=O) groups is 1. The largest absolute Gasteiger partial charge is 0.497 e. The summed E-state index contributed by atoms with van der Waals surface area (Å²) in [5.74, 6) is 0.562. The molecule has 44 heavy (non-hydrogen) atoms. The van der Waals surface area contributed by atoms with Gasteiger partial charge in [0, 0.05) is 18.5 Å². The van der Waals surface area contributed by atoms with E-state index in [9.17, 15) is 18.8 Å². The van der Waals surface area contributed by atoms with Gasteiger partial charge < -0.3 is 14.6 Å². The van der Waals surface area contributed by atoms with Gasteiger partial charge in [-0.3, -0.25) is 14.7 Å². The molecule has 5 aromatic rings. The Morgan fingerprint density at radius 3 is 2.14 bits per heavy atom. The van der Waals surface area contributed by atoms with Gasteiger partial charge in [-0.25, -0.2) is 23.5 Å². The minimum atomic E-state index is -0.737. The average Bonchev–Trinajstić information content (AvgIpc) is 3.34. The van der Waals surface area contributed by atoms with Gasteiger partial charge in [-0.1, -0.05) is 57.2 Å². The van der Waals surface area contributed by atoms with Gasteiger partial charge >= 0.3 is 11.4 Å². The van der Waals surface area contributed by atoms with E-state index in [0.29, 0.717) is 23.8 Å². The van der Waals surface area contributed by atoms with E-state index in [1.165, 1.54) is 28.8 Å². The van der Waals surface area contributed by atoms with Crippen LogP contribution in [-0.4, -0.2) is 43.2 Å². The molecule has 0 aliphatic heterocycles. The molecule has 11 nitrogen and oxygen atoms in total. The standard InChI is InChI=1S/C32H34FN7O4/c1-32(2,3)27(41)36-29-35-25-7-5-6-8-26(25)38(29)18-17-34-28-37-30(42)40(20-21-9-13-23(33)14-10-21)31(43)39(28)19-22-11-15-24(44-4)16-12-22/h5-16H,17-20H2,1-4H3,(H,34,37,42)(H,35,36,41). The lowest BCUT2D eigenvalue weighted by atomic mass is 9.96. The fourth-order valence-electron chi connectivity index (χ4n) is 4.59. The van der Waals surface area contributed by atoms with Crippen LogP contribution in [0.4, 0.5) is 16.3 Å². The molecule has 0 aliphatic rings. The van der Waals surface area contributed by atoms with Crippen LogP contribution in [-0.2, 0) is 24.4 Å². The van der Waals surface area contributed by atoms with Crippen LogP contribution in [0.25, 0.3) is 11.0 Å². The zero-order chi connectivity index (χ0) is 31.4. The number of anilines is 2. The number of ether oxygens (including phenoxy) is 1. The van der Waals surface area contributed by atoms with Crippen LogP contribution in [0.5, 0.6) is 5.75 Å². The van der Waals surface area contributed by atoms with E-state index in [0.717, 1.165) is 21.2 Å². The Morgan fingerprint density at radius 1 is 0.841 bits per heavy atom. The number of hydrogen-bond donors (Lipinski definition) is 2. The molecule has 0 atom stereocenters. The molecule has 5 rings (SSSR count). The van der Waals surface area contributed by atoms with Gasteiger partial charge in [-0.05, 0) is 47.5 Å².